The summed E-state index contributed by atoms with van der Waals surface area (Å²) in [5, 5.41) is 11.3. The molecule has 1 aromatic rings. The van der Waals surface area contributed by atoms with Crippen molar-refractivity contribution in [1.29, 1.82) is 0 Å². The molecule has 1 aromatic carbocycles. The molecule has 0 aliphatic carbocycles. The second-order valence-corrected chi connectivity index (χ2v) is 5.94. The number of amides is 1. The third-order valence-corrected chi connectivity index (χ3v) is 2.69. The zero-order valence-corrected chi connectivity index (χ0v) is 13.3. The van der Waals surface area contributed by atoms with E-state index in [9.17, 15) is 9.59 Å². The quantitative estimate of drug-likeness (QED) is 0.792. The fraction of sp³-hybridized carbons (Fsp3) is 0.412. The van der Waals surface area contributed by atoms with Gasteiger partial charge >= 0.3 is 12.1 Å². The number of alkyl carbamates (subject to hydrolysis) is 1. The summed E-state index contributed by atoms with van der Waals surface area (Å²) < 4.78 is 5.16. The van der Waals surface area contributed by atoms with Gasteiger partial charge in [-0.2, -0.15) is 0 Å². The minimum atomic E-state index is -0.947. The predicted molar refractivity (Wildman–Crippen MR) is 84.9 cm³/mol. The number of hydrogen-bond donors (Lipinski definition) is 2. The van der Waals surface area contributed by atoms with Gasteiger partial charge in [0.2, 0.25) is 0 Å². The zero-order valence-electron chi connectivity index (χ0n) is 13.3. The lowest BCUT2D eigenvalue weighted by Crippen LogP contribution is -2.33. The fourth-order valence-corrected chi connectivity index (χ4v) is 1.83. The van der Waals surface area contributed by atoms with Crippen LogP contribution in [0, 0.1) is 0 Å². The standard InChI is InChI=1S/C17H23NO4/c1-17(2,3)22-16(21)18-11-10-14-7-4-6-13(12-14)8-5-9-15(19)20/h4-7,9,12H,8,10-11H2,1-3H3,(H,18,21)(H,19,20)/b9-5+. The average Bonchev–Trinajstić information content (AvgIpc) is 2.36. The summed E-state index contributed by atoms with van der Waals surface area (Å²) in [4.78, 5) is 21.9. The van der Waals surface area contributed by atoms with Gasteiger partial charge < -0.3 is 15.2 Å². The first-order chi connectivity index (χ1) is 10.3. The van der Waals surface area contributed by atoms with E-state index in [1.54, 1.807) is 6.08 Å². The molecular formula is C17H23NO4. The average molecular weight is 305 g/mol. The van der Waals surface area contributed by atoms with Crippen LogP contribution in [0.25, 0.3) is 0 Å². The molecule has 0 saturated carbocycles. The smallest absolute Gasteiger partial charge is 0.407 e. The predicted octanol–water partition coefficient (Wildman–Crippen LogP) is 2.94. The molecule has 0 fully saturated rings. The van der Waals surface area contributed by atoms with Gasteiger partial charge in [0.05, 0.1) is 0 Å². The Kier molecular flexibility index (Phi) is 6.63. The van der Waals surface area contributed by atoms with Crippen LogP contribution in [0.2, 0.25) is 0 Å². The summed E-state index contributed by atoms with van der Waals surface area (Å²) in [7, 11) is 0. The van der Waals surface area contributed by atoms with Crippen molar-refractivity contribution in [2.75, 3.05) is 6.54 Å². The molecule has 0 atom stereocenters. The third-order valence-electron chi connectivity index (χ3n) is 2.69. The number of aliphatic carboxylic acids is 1. The highest BCUT2D eigenvalue weighted by molar-refractivity contribution is 5.79. The second-order valence-electron chi connectivity index (χ2n) is 5.94. The highest BCUT2D eigenvalue weighted by Gasteiger charge is 2.15. The summed E-state index contributed by atoms with van der Waals surface area (Å²) in [5.41, 5.74) is 1.62. The largest absolute Gasteiger partial charge is 0.478 e. The molecule has 0 heterocycles. The van der Waals surface area contributed by atoms with Crippen LogP contribution in [0.3, 0.4) is 0 Å². The number of nitrogens with one attached hydrogen (secondary N) is 1. The van der Waals surface area contributed by atoms with Gasteiger partial charge in [-0.1, -0.05) is 30.3 Å². The molecule has 0 unspecified atom stereocenters. The van der Waals surface area contributed by atoms with Crippen molar-refractivity contribution in [2.24, 2.45) is 0 Å². The van der Waals surface area contributed by atoms with Gasteiger partial charge in [-0.3, -0.25) is 0 Å². The van der Waals surface area contributed by atoms with Crippen LogP contribution in [0.15, 0.2) is 36.4 Å². The van der Waals surface area contributed by atoms with Crippen LogP contribution >= 0.6 is 0 Å². The zero-order chi connectivity index (χ0) is 16.6. The van der Waals surface area contributed by atoms with Crippen LogP contribution < -0.4 is 5.32 Å². The Labute approximate surface area is 131 Å². The lowest BCUT2D eigenvalue weighted by Gasteiger charge is -2.19. The maximum absolute atomic E-state index is 11.5. The number of hydrogen-bond acceptors (Lipinski definition) is 3. The van der Waals surface area contributed by atoms with E-state index in [4.69, 9.17) is 9.84 Å². The van der Waals surface area contributed by atoms with Gasteiger partial charge in [0.15, 0.2) is 0 Å². The van der Waals surface area contributed by atoms with E-state index in [0.29, 0.717) is 19.4 Å². The molecule has 0 bridgehead atoms. The van der Waals surface area contributed by atoms with Crippen molar-refractivity contribution >= 4 is 12.1 Å². The lowest BCUT2D eigenvalue weighted by atomic mass is 10.1. The van der Waals surface area contributed by atoms with Gasteiger partial charge in [0.25, 0.3) is 0 Å². The molecule has 1 rings (SSSR count). The summed E-state index contributed by atoms with van der Waals surface area (Å²) >= 11 is 0. The molecule has 120 valence electrons. The van der Waals surface area contributed by atoms with Crippen molar-refractivity contribution in [2.45, 2.75) is 39.2 Å². The van der Waals surface area contributed by atoms with Crippen molar-refractivity contribution < 1.29 is 19.4 Å². The minimum absolute atomic E-state index is 0.423. The number of rotatable bonds is 6. The van der Waals surface area contributed by atoms with Crippen molar-refractivity contribution in [3.05, 3.63) is 47.5 Å². The Morgan fingerprint density at radius 1 is 1.27 bits per heavy atom. The Balaban J connectivity index is 2.43. The molecule has 0 aliphatic rings. The third kappa shape index (κ3) is 8.09. The van der Waals surface area contributed by atoms with E-state index in [1.165, 1.54) is 0 Å². The normalized spacial score (nSPS) is 11.4. The monoisotopic (exact) mass is 305 g/mol. The Morgan fingerprint density at radius 3 is 2.59 bits per heavy atom. The van der Waals surface area contributed by atoms with Crippen LogP contribution in [0.5, 0.6) is 0 Å². The molecule has 0 aliphatic heterocycles. The summed E-state index contributed by atoms with van der Waals surface area (Å²) in [6, 6.07) is 7.84. The number of ether oxygens (including phenoxy) is 1. The first kappa shape index (κ1) is 17.8. The van der Waals surface area contributed by atoms with E-state index in [1.807, 2.05) is 45.0 Å². The van der Waals surface area contributed by atoms with Crippen molar-refractivity contribution in [1.82, 2.24) is 5.32 Å². The van der Waals surface area contributed by atoms with Crippen LogP contribution in [0.1, 0.15) is 31.9 Å². The lowest BCUT2D eigenvalue weighted by molar-refractivity contribution is -0.131. The molecule has 1 amide bonds. The number of carbonyl (C=O) groups excluding carboxylic acids is 1. The highest BCUT2D eigenvalue weighted by atomic mass is 16.6. The molecule has 5 nitrogen and oxygen atoms in total. The second kappa shape index (κ2) is 8.22. The van der Waals surface area contributed by atoms with E-state index in [-0.39, 0.29) is 0 Å². The first-order valence-corrected chi connectivity index (χ1v) is 7.20. The van der Waals surface area contributed by atoms with Gasteiger partial charge in [-0.05, 0) is 44.7 Å². The number of carbonyl (C=O) groups is 2. The topological polar surface area (TPSA) is 75.6 Å². The first-order valence-electron chi connectivity index (χ1n) is 7.20. The highest BCUT2D eigenvalue weighted by Crippen LogP contribution is 2.08. The van der Waals surface area contributed by atoms with E-state index < -0.39 is 17.7 Å². The van der Waals surface area contributed by atoms with Crippen LogP contribution in [-0.4, -0.2) is 29.3 Å². The van der Waals surface area contributed by atoms with Gasteiger partial charge in [-0.25, -0.2) is 9.59 Å². The number of carboxylic acid groups (broad SMARTS) is 1. The van der Waals surface area contributed by atoms with Gasteiger partial charge in [0, 0.05) is 12.6 Å². The number of carboxylic acids is 1. The van der Waals surface area contributed by atoms with Gasteiger partial charge in [-0.15, -0.1) is 0 Å². The molecule has 2 N–H and O–H groups in total. The number of allylic oxidation sites excluding steroid dienone is 1. The van der Waals surface area contributed by atoms with Crippen molar-refractivity contribution in [3.63, 3.8) is 0 Å². The Morgan fingerprint density at radius 2 is 1.95 bits per heavy atom. The van der Waals surface area contributed by atoms with E-state index >= 15 is 0 Å². The fourth-order valence-electron chi connectivity index (χ4n) is 1.83. The maximum atomic E-state index is 11.5. The molecule has 5 heteroatoms. The summed E-state index contributed by atoms with van der Waals surface area (Å²) in [5.74, 6) is -0.947. The molecule has 0 saturated heterocycles. The van der Waals surface area contributed by atoms with Crippen molar-refractivity contribution in [3.8, 4) is 0 Å². The molecule has 0 aromatic heterocycles. The molecule has 0 spiro atoms. The van der Waals surface area contributed by atoms with Gasteiger partial charge in [0.1, 0.15) is 5.60 Å². The minimum Gasteiger partial charge on any atom is -0.478 e. The maximum Gasteiger partial charge on any atom is 0.407 e. The summed E-state index contributed by atoms with van der Waals surface area (Å²) in [6.45, 7) is 5.95. The summed E-state index contributed by atoms with van der Waals surface area (Å²) in [6.07, 6.45) is 3.58. The molecule has 0 radical (unpaired) electrons. The Hall–Kier alpha value is -2.30. The SMILES string of the molecule is CC(C)(C)OC(=O)NCCc1cccc(C/C=C/C(=O)O)c1. The van der Waals surface area contributed by atoms with Crippen LogP contribution in [-0.2, 0) is 22.4 Å². The molecule has 22 heavy (non-hydrogen) atoms. The van der Waals surface area contributed by atoms with E-state index in [0.717, 1.165) is 17.2 Å². The van der Waals surface area contributed by atoms with Crippen LogP contribution in [0.4, 0.5) is 4.79 Å². The van der Waals surface area contributed by atoms with E-state index in [2.05, 4.69) is 5.32 Å². The Bertz CT molecular complexity index is 544. The molecular weight excluding hydrogens is 282 g/mol. The number of benzene rings is 1.